The summed E-state index contributed by atoms with van der Waals surface area (Å²) in [6.07, 6.45) is 3.34. The van der Waals surface area contributed by atoms with Gasteiger partial charge in [-0.2, -0.15) is 0 Å². The molecule has 2 aliphatic rings. The molecule has 0 radical (unpaired) electrons. The van der Waals surface area contributed by atoms with E-state index < -0.39 is 30.0 Å². The molecule has 1 saturated heterocycles. The topological polar surface area (TPSA) is 105 Å². The van der Waals surface area contributed by atoms with Crippen LogP contribution in [0.25, 0.3) is 0 Å². The van der Waals surface area contributed by atoms with Crippen LogP contribution >= 0.6 is 0 Å². The number of imide groups is 1. The fourth-order valence-electron chi connectivity index (χ4n) is 3.95. The summed E-state index contributed by atoms with van der Waals surface area (Å²) in [5.74, 6) is -1.43. The van der Waals surface area contributed by atoms with Gasteiger partial charge in [-0.15, -0.1) is 0 Å². The molecule has 1 aliphatic carbocycles. The average Bonchev–Trinajstić information content (AvgIpc) is 2.90. The van der Waals surface area contributed by atoms with Gasteiger partial charge >= 0.3 is 12.0 Å². The fraction of sp³-hybridized carbons (Fsp3) is 0.500. The molecule has 0 aromatic heterocycles. The lowest BCUT2D eigenvalue weighted by Crippen LogP contribution is -2.54. The number of carbonyl (C=O) groups excluding carboxylic acids is 4. The molecule has 4 amide bonds. The number of para-hydroxylation sites is 1. The molecule has 2 N–H and O–H groups in total. The van der Waals surface area contributed by atoms with Gasteiger partial charge in [-0.1, -0.05) is 31.9 Å². The number of nitrogens with one attached hydrogen (secondary N) is 2. The summed E-state index contributed by atoms with van der Waals surface area (Å²) in [7, 11) is 0. The number of benzene rings is 1. The normalized spacial score (nSPS) is 24.2. The van der Waals surface area contributed by atoms with Gasteiger partial charge < -0.3 is 15.4 Å². The summed E-state index contributed by atoms with van der Waals surface area (Å²) < 4.78 is 4.99. The van der Waals surface area contributed by atoms with Gasteiger partial charge in [-0.25, -0.2) is 9.59 Å². The maximum atomic E-state index is 12.9. The van der Waals surface area contributed by atoms with Crippen LogP contribution < -0.4 is 10.6 Å². The Morgan fingerprint density at radius 1 is 1.29 bits per heavy atom. The molecule has 1 aliphatic heterocycles. The molecule has 1 aromatic rings. The van der Waals surface area contributed by atoms with Crippen molar-refractivity contribution >= 4 is 29.5 Å². The second-order valence-corrected chi connectivity index (χ2v) is 7.25. The van der Waals surface area contributed by atoms with E-state index in [4.69, 9.17) is 4.74 Å². The zero-order valence-corrected chi connectivity index (χ0v) is 16.1. The molecule has 2 atom stereocenters. The number of amides is 4. The molecular weight excluding hydrogens is 362 g/mol. The number of ether oxygens (including phenoxy) is 1. The van der Waals surface area contributed by atoms with Crippen molar-refractivity contribution in [1.82, 2.24) is 10.2 Å². The molecule has 1 aromatic carbocycles. The van der Waals surface area contributed by atoms with Crippen molar-refractivity contribution in [3.63, 3.8) is 0 Å². The van der Waals surface area contributed by atoms with Crippen LogP contribution in [0.15, 0.2) is 24.3 Å². The molecule has 8 heteroatoms. The smallest absolute Gasteiger partial charge is 0.340 e. The van der Waals surface area contributed by atoms with E-state index >= 15 is 0 Å². The van der Waals surface area contributed by atoms with E-state index in [-0.39, 0.29) is 29.7 Å². The largest absolute Gasteiger partial charge is 0.462 e. The van der Waals surface area contributed by atoms with Crippen LogP contribution in [0.2, 0.25) is 0 Å². The molecular formula is C20H25N3O5. The zero-order chi connectivity index (χ0) is 20.3. The second-order valence-electron chi connectivity index (χ2n) is 7.25. The van der Waals surface area contributed by atoms with Gasteiger partial charge in [-0.3, -0.25) is 14.5 Å². The molecule has 0 bridgehead atoms. The highest BCUT2D eigenvalue weighted by atomic mass is 16.5. The van der Waals surface area contributed by atoms with Crippen LogP contribution in [0.3, 0.4) is 0 Å². The quantitative estimate of drug-likeness (QED) is 0.596. The summed E-state index contributed by atoms with van der Waals surface area (Å²) >= 11 is 0. The minimum Gasteiger partial charge on any atom is -0.462 e. The van der Waals surface area contributed by atoms with Gasteiger partial charge in [0.25, 0.3) is 5.91 Å². The van der Waals surface area contributed by atoms with Crippen molar-refractivity contribution < 1.29 is 23.9 Å². The lowest BCUT2D eigenvalue weighted by atomic mass is 9.73. The highest BCUT2D eigenvalue weighted by molar-refractivity contribution is 6.11. The predicted octanol–water partition coefficient (Wildman–Crippen LogP) is 2.30. The maximum Gasteiger partial charge on any atom is 0.340 e. The molecule has 8 nitrogen and oxygen atoms in total. The van der Waals surface area contributed by atoms with Crippen LogP contribution in [0.5, 0.6) is 0 Å². The summed E-state index contributed by atoms with van der Waals surface area (Å²) in [5.41, 5.74) is -0.413. The number of anilines is 1. The van der Waals surface area contributed by atoms with Crippen LogP contribution in [-0.4, -0.2) is 47.4 Å². The predicted molar refractivity (Wildman–Crippen MR) is 102 cm³/mol. The molecule has 0 unspecified atom stereocenters. The minimum absolute atomic E-state index is 0.0234. The van der Waals surface area contributed by atoms with E-state index in [1.165, 1.54) is 0 Å². The highest BCUT2D eigenvalue weighted by Gasteiger charge is 2.55. The van der Waals surface area contributed by atoms with E-state index in [0.717, 1.165) is 24.2 Å². The number of esters is 1. The summed E-state index contributed by atoms with van der Waals surface area (Å²) in [6, 6.07) is 5.89. The van der Waals surface area contributed by atoms with E-state index in [0.29, 0.717) is 6.42 Å². The molecule has 1 spiro atoms. The summed E-state index contributed by atoms with van der Waals surface area (Å²) in [5, 5.41) is 5.42. The zero-order valence-electron chi connectivity index (χ0n) is 16.1. The number of hydrogen-bond acceptors (Lipinski definition) is 5. The minimum atomic E-state index is -0.904. The third kappa shape index (κ3) is 3.58. The van der Waals surface area contributed by atoms with Crippen molar-refractivity contribution in [3.8, 4) is 0 Å². The lowest BCUT2D eigenvalue weighted by molar-refractivity contribution is -0.136. The van der Waals surface area contributed by atoms with Crippen LogP contribution in [0.1, 0.15) is 49.9 Å². The highest BCUT2D eigenvalue weighted by Crippen LogP contribution is 2.38. The number of nitrogens with zero attached hydrogens (tertiary/aromatic N) is 1. The molecule has 28 heavy (non-hydrogen) atoms. The Morgan fingerprint density at radius 2 is 2.04 bits per heavy atom. The van der Waals surface area contributed by atoms with E-state index in [1.54, 1.807) is 31.2 Å². The molecule has 1 saturated carbocycles. The first-order valence-corrected chi connectivity index (χ1v) is 9.59. The van der Waals surface area contributed by atoms with E-state index in [1.807, 2.05) is 6.92 Å². The van der Waals surface area contributed by atoms with Crippen molar-refractivity contribution in [3.05, 3.63) is 29.8 Å². The first-order chi connectivity index (χ1) is 13.4. The van der Waals surface area contributed by atoms with Gasteiger partial charge in [0.05, 0.1) is 17.9 Å². The van der Waals surface area contributed by atoms with Gasteiger partial charge in [0.1, 0.15) is 12.1 Å². The fourth-order valence-corrected chi connectivity index (χ4v) is 3.95. The van der Waals surface area contributed by atoms with Gasteiger partial charge in [0.2, 0.25) is 5.91 Å². The van der Waals surface area contributed by atoms with Gasteiger partial charge in [-0.05, 0) is 37.8 Å². The first-order valence-electron chi connectivity index (χ1n) is 9.59. The van der Waals surface area contributed by atoms with Gasteiger partial charge in [0, 0.05) is 0 Å². The Labute approximate surface area is 163 Å². The Hall–Kier alpha value is -2.90. The number of hydrogen-bond donors (Lipinski definition) is 2. The molecule has 3 rings (SSSR count). The number of carbonyl (C=O) groups is 4. The lowest BCUT2D eigenvalue weighted by Gasteiger charge is -2.36. The van der Waals surface area contributed by atoms with Crippen LogP contribution in [0, 0.1) is 5.92 Å². The Morgan fingerprint density at radius 3 is 2.75 bits per heavy atom. The Bertz CT molecular complexity index is 809. The third-order valence-corrected chi connectivity index (χ3v) is 5.50. The molecule has 2 fully saturated rings. The number of urea groups is 1. The number of rotatable bonds is 5. The third-order valence-electron chi connectivity index (χ3n) is 5.50. The standard InChI is InChI=1S/C20H25N3O5/c1-3-28-17(25)14-9-4-5-10-15(14)21-16(24)12-23-18(26)20(22-19(23)27)11-7-6-8-13(20)2/h4-5,9-10,13H,3,6-8,11-12H2,1-2H3,(H,21,24)(H,22,27)/t13-,20-/m0/s1. The van der Waals surface area contributed by atoms with Crippen molar-refractivity contribution in [2.75, 3.05) is 18.5 Å². The van der Waals surface area contributed by atoms with Crippen molar-refractivity contribution in [2.24, 2.45) is 5.92 Å². The van der Waals surface area contributed by atoms with Crippen LogP contribution in [0.4, 0.5) is 10.5 Å². The summed E-state index contributed by atoms with van der Waals surface area (Å²) in [6.45, 7) is 3.45. The Kier molecular flexibility index (Phi) is 5.67. The SMILES string of the molecule is CCOC(=O)c1ccccc1NC(=O)CN1C(=O)N[C@]2(CCCC[C@@H]2C)C1=O. The van der Waals surface area contributed by atoms with Gasteiger partial charge in [0.15, 0.2) is 0 Å². The van der Waals surface area contributed by atoms with E-state index in [2.05, 4.69) is 10.6 Å². The molecule has 150 valence electrons. The Balaban J connectivity index is 1.71. The average molecular weight is 387 g/mol. The molecule has 1 heterocycles. The van der Waals surface area contributed by atoms with E-state index in [9.17, 15) is 19.2 Å². The second kappa shape index (κ2) is 8.00. The maximum absolute atomic E-state index is 12.9. The monoisotopic (exact) mass is 387 g/mol. The first kappa shape index (κ1) is 19.9. The van der Waals surface area contributed by atoms with Crippen molar-refractivity contribution in [2.45, 2.75) is 45.1 Å². The van der Waals surface area contributed by atoms with Crippen LogP contribution in [-0.2, 0) is 14.3 Å². The van der Waals surface area contributed by atoms with Crippen molar-refractivity contribution in [1.29, 1.82) is 0 Å². The summed E-state index contributed by atoms with van der Waals surface area (Å²) in [4.78, 5) is 50.8.